The number of hydrogen-bond donors (Lipinski definition) is 2. The molecule has 0 aliphatic rings. The van der Waals surface area contributed by atoms with E-state index in [0.29, 0.717) is 12.2 Å². The fourth-order valence-electron chi connectivity index (χ4n) is 1.55. The van der Waals surface area contributed by atoms with E-state index < -0.39 is 11.7 Å². The molecular formula is C12H10BrF3N2S. The van der Waals surface area contributed by atoms with E-state index in [-0.39, 0.29) is 5.69 Å². The summed E-state index contributed by atoms with van der Waals surface area (Å²) in [4.78, 5) is 1.02. The van der Waals surface area contributed by atoms with Gasteiger partial charge in [0.15, 0.2) is 0 Å². The van der Waals surface area contributed by atoms with Crippen LogP contribution < -0.4 is 11.1 Å². The molecule has 0 amide bonds. The summed E-state index contributed by atoms with van der Waals surface area (Å²) in [6, 6.07) is 5.71. The molecule has 0 unspecified atom stereocenters. The Bertz CT molecular complexity index is 581. The number of hydrogen-bond acceptors (Lipinski definition) is 3. The molecule has 2 nitrogen and oxygen atoms in total. The maximum Gasteiger partial charge on any atom is 0.418 e. The second kappa shape index (κ2) is 5.42. The van der Waals surface area contributed by atoms with Crippen LogP contribution in [0.4, 0.5) is 24.5 Å². The second-order valence-corrected chi connectivity index (χ2v) is 5.70. The number of nitrogens with one attached hydrogen (secondary N) is 1. The Morgan fingerprint density at radius 1 is 1.26 bits per heavy atom. The van der Waals surface area contributed by atoms with E-state index in [1.165, 1.54) is 23.5 Å². The van der Waals surface area contributed by atoms with Crippen LogP contribution in [0.5, 0.6) is 0 Å². The zero-order valence-corrected chi connectivity index (χ0v) is 12.0. The molecule has 1 heterocycles. The second-order valence-electron chi connectivity index (χ2n) is 3.85. The molecule has 2 aromatic rings. The minimum atomic E-state index is -4.44. The van der Waals surface area contributed by atoms with Crippen LogP contribution in [0.1, 0.15) is 10.4 Å². The van der Waals surface area contributed by atoms with E-state index in [4.69, 9.17) is 5.73 Å². The lowest BCUT2D eigenvalue weighted by molar-refractivity contribution is -0.136. The number of benzene rings is 1. The molecule has 0 aliphatic heterocycles. The van der Waals surface area contributed by atoms with Crippen molar-refractivity contribution in [3.63, 3.8) is 0 Å². The molecule has 2 rings (SSSR count). The number of thiophene rings is 1. The lowest BCUT2D eigenvalue weighted by atomic mass is 10.1. The first-order chi connectivity index (χ1) is 8.88. The molecule has 102 valence electrons. The van der Waals surface area contributed by atoms with Gasteiger partial charge in [-0.15, -0.1) is 11.3 Å². The molecule has 0 fully saturated rings. The first kappa shape index (κ1) is 14.2. The summed E-state index contributed by atoms with van der Waals surface area (Å²) in [6.07, 6.45) is -4.44. The third-order valence-electron chi connectivity index (χ3n) is 2.50. The Hall–Kier alpha value is -1.21. The highest BCUT2D eigenvalue weighted by molar-refractivity contribution is 9.10. The standard InChI is InChI=1S/C12H10BrF3N2S/c13-9-3-4-19-11(9)6-18-7-1-2-10(17)8(5-7)12(14,15)16/h1-5,18H,6,17H2. The fraction of sp³-hybridized carbons (Fsp3) is 0.167. The van der Waals surface area contributed by atoms with Crippen molar-refractivity contribution in [2.75, 3.05) is 11.1 Å². The van der Waals surface area contributed by atoms with E-state index in [9.17, 15) is 13.2 Å². The predicted molar refractivity (Wildman–Crippen MR) is 75.2 cm³/mol. The number of anilines is 2. The van der Waals surface area contributed by atoms with Crippen LogP contribution in [-0.4, -0.2) is 0 Å². The van der Waals surface area contributed by atoms with Crippen LogP contribution in [0.3, 0.4) is 0 Å². The number of nitrogen functional groups attached to an aromatic ring is 1. The van der Waals surface area contributed by atoms with Crippen molar-refractivity contribution in [3.05, 3.63) is 44.6 Å². The summed E-state index contributed by atoms with van der Waals surface area (Å²) in [5.41, 5.74) is 4.64. The van der Waals surface area contributed by atoms with Gasteiger partial charge in [0.2, 0.25) is 0 Å². The maximum absolute atomic E-state index is 12.7. The van der Waals surface area contributed by atoms with E-state index in [1.807, 2.05) is 11.4 Å². The summed E-state index contributed by atoms with van der Waals surface area (Å²) >= 11 is 4.89. The Morgan fingerprint density at radius 3 is 2.58 bits per heavy atom. The number of halogens is 4. The number of nitrogens with two attached hydrogens (primary N) is 1. The zero-order valence-electron chi connectivity index (χ0n) is 9.59. The minimum Gasteiger partial charge on any atom is -0.398 e. The summed E-state index contributed by atoms with van der Waals surface area (Å²) in [5, 5.41) is 4.86. The Morgan fingerprint density at radius 2 is 2.00 bits per heavy atom. The zero-order chi connectivity index (χ0) is 14.0. The summed E-state index contributed by atoms with van der Waals surface area (Å²) in [7, 11) is 0. The third kappa shape index (κ3) is 3.42. The average molecular weight is 351 g/mol. The SMILES string of the molecule is Nc1ccc(NCc2sccc2Br)cc1C(F)(F)F. The summed E-state index contributed by atoms with van der Waals surface area (Å²) in [5.74, 6) is 0. The topological polar surface area (TPSA) is 38.0 Å². The van der Waals surface area contributed by atoms with E-state index in [2.05, 4.69) is 21.2 Å². The number of alkyl halides is 3. The quantitative estimate of drug-likeness (QED) is 0.785. The molecule has 7 heteroatoms. The van der Waals surface area contributed by atoms with E-state index >= 15 is 0 Å². The van der Waals surface area contributed by atoms with Gasteiger partial charge in [-0.05, 0) is 45.6 Å². The van der Waals surface area contributed by atoms with Gasteiger partial charge in [-0.1, -0.05) is 0 Å². The monoisotopic (exact) mass is 350 g/mol. The molecule has 0 saturated heterocycles. The third-order valence-corrected chi connectivity index (χ3v) is 4.43. The highest BCUT2D eigenvalue weighted by atomic mass is 79.9. The fourth-order valence-corrected chi connectivity index (χ4v) is 2.98. The normalized spacial score (nSPS) is 11.6. The van der Waals surface area contributed by atoms with Crippen molar-refractivity contribution in [2.45, 2.75) is 12.7 Å². The molecule has 0 radical (unpaired) electrons. The number of rotatable bonds is 3. The maximum atomic E-state index is 12.7. The predicted octanol–water partition coefficient (Wildman–Crippen LogP) is 4.72. The first-order valence-electron chi connectivity index (χ1n) is 5.30. The minimum absolute atomic E-state index is 0.268. The Balaban J connectivity index is 2.16. The van der Waals surface area contributed by atoms with Crippen molar-refractivity contribution in [2.24, 2.45) is 0 Å². The van der Waals surface area contributed by atoms with Gasteiger partial charge < -0.3 is 11.1 Å². The van der Waals surface area contributed by atoms with Crippen LogP contribution >= 0.6 is 27.3 Å². The van der Waals surface area contributed by atoms with Crippen molar-refractivity contribution < 1.29 is 13.2 Å². The van der Waals surface area contributed by atoms with Crippen LogP contribution in [0.15, 0.2) is 34.1 Å². The van der Waals surface area contributed by atoms with Crippen molar-refractivity contribution in [3.8, 4) is 0 Å². The van der Waals surface area contributed by atoms with Gasteiger partial charge in [0, 0.05) is 20.7 Å². The van der Waals surface area contributed by atoms with Crippen LogP contribution in [0, 0.1) is 0 Å². The molecule has 0 atom stereocenters. The Labute approximate surface area is 120 Å². The average Bonchev–Trinajstić information content (AvgIpc) is 2.72. The van der Waals surface area contributed by atoms with Gasteiger partial charge in [0.25, 0.3) is 0 Å². The first-order valence-corrected chi connectivity index (χ1v) is 6.97. The van der Waals surface area contributed by atoms with Gasteiger partial charge in [-0.3, -0.25) is 0 Å². The highest BCUT2D eigenvalue weighted by Crippen LogP contribution is 2.35. The van der Waals surface area contributed by atoms with Gasteiger partial charge in [0.05, 0.1) is 12.1 Å². The van der Waals surface area contributed by atoms with Crippen molar-refractivity contribution in [1.82, 2.24) is 0 Å². The largest absolute Gasteiger partial charge is 0.418 e. The molecule has 19 heavy (non-hydrogen) atoms. The highest BCUT2D eigenvalue weighted by Gasteiger charge is 2.33. The van der Waals surface area contributed by atoms with Gasteiger partial charge in [0.1, 0.15) is 0 Å². The smallest absolute Gasteiger partial charge is 0.398 e. The molecular weight excluding hydrogens is 341 g/mol. The van der Waals surface area contributed by atoms with Crippen LogP contribution in [0.25, 0.3) is 0 Å². The summed E-state index contributed by atoms with van der Waals surface area (Å²) < 4.78 is 39.0. The van der Waals surface area contributed by atoms with E-state index in [0.717, 1.165) is 15.4 Å². The molecule has 3 N–H and O–H groups in total. The lowest BCUT2D eigenvalue weighted by Crippen LogP contribution is -2.10. The van der Waals surface area contributed by atoms with Gasteiger partial charge in [-0.2, -0.15) is 13.2 Å². The summed E-state index contributed by atoms with van der Waals surface area (Å²) in [6.45, 7) is 0.458. The molecule has 0 aliphatic carbocycles. The van der Waals surface area contributed by atoms with Crippen molar-refractivity contribution in [1.29, 1.82) is 0 Å². The van der Waals surface area contributed by atoms with Crippen LogP contribution in [-0.2, 0) is 12.7 Å². The molecule has 1 aromatic carbocycles. The molecule has 1 aromatic heterocycles. The molecule has 0 saturated carbocycles. The van der Waals surface area contributed by atoms with Gasteiger partial charge in [-0.25, -0.2) is 0 Å². The lowest BCUT2D eigenvalue weighted by Gasteiger charge is -2.12. The molecule has 0 bridgehead atoms. The van der Waals surface area contributed by atoms with Crippen molar-refractivity contribution >= 4 is 38.6 Å². The molecule has 0 spiro atoms. The van der Waals surface area contributed by atoms with E-state index in [1.54, 1.807) is 0 Å². The van der Waals surface area contributed by atoms with Gasteiger partial charge >= 0.3 is 6.18 Å². The van der Waals surface area contributed by atoms with Crippen LogP contribution in [0.2, 0.25) is 0 Å². The Kier molecular flexibility index (Phi) is 4.05.